The summed E-state index contributed by atoms with van der Waals surface area (Å²) in [6.45, 7) is 0. The lowest BCUT2D eigenvalue weighted by molar-refractivity contribution is 1.06. The predicted molar refractivity (Wildman–Crippen MR) is 252 cm³/mol. The van der Waals surface area contributed by atoms with Crippen molar-refractivity contribution in [2.24, 2.45) is 0 Å². The minimum atomic E-state index is 0.608. The van der Waals surface area contributed by atoms with Gasteiger partial charge in [0, 0.05) is 53.0 Å². The first-order valence-electron chi connectivity index (χ1n) is 20.2. The molecule has 0 amide bonds. The van der Waals surface area contributed by atoms with Crippen molar-refractivity contribution in [3.05, 3.63) is 206 Å². The van der Waals surface area contributed by atoms with Gasteiger partial charge >= 0.3 is 0 Å². The molecule has 0 aliphatic heterocycles. The first-order valence-corrected chi connectivity index (χ1v) is 21.0. The van der Waals surface area contributed by atoms with Crippen LogP contribution in [0.1, 0.15) is 0 Å². The molecule has 3 heterocycles. The monoisotopic (exact) mass is 782 g/mol. The second-order valence-corrected chi connectivity index (χ2v) is 16.2. The molecule has 0 spiro atoms. The maximum absolute atomic E-state index is 5.39. The van der Waals surface area contributed by atoms with Gasteiger partial charge in [0.15, 0.2) is 17.5 Å². The molecule has 0 aliphatic carbocycles. The average molecular weight is 783 g/mol. The van der Waals surface area contributed by atoms with Crippen LogP contribution < -0.4 is 0 Å². The van der Waals surface area contributed by atoms with Crippen molar-refractivity contribution >= 4 is 64.1 Å². The normalized spacial score (nSPS) is 11.7. The fourth-order valence-corrected chi connectivity index (χ4v) is 10.1. The molecule has 0 radical (unpaired) electrons. The number of hydrogen-bond donors (Lipinski definition) is 0. The molecule has 12 aromatic rings. The maximum Gasteiger partial charge on any atom is 0.166 e. The van der Waals surface area contributed by atoms with Gasteiger partial charge in [-0.15, -0.1) is 11.3 Å². The number of fused-ring (bicyclic) bond motifs is 8. The van der Waals surface area contributed by atoms with Crippen LogP contribution in [0, 0.1) is 0 Å². The number of benzene rings is 9. The van der Waals surface area contributed by atoms with E-state index in [1.54, 1.807) is 0 Å². The van der Waals surface area contributed by atoms with Gasteiger partial charge in [0.05, 0.1) is 16.7 Å². The Labute approximate surface area is 350 Å². The topological polar surface area (TPSA) is 43.6 Å². The summed E-state index contributed by atoms with van der Waals surface area (Å²) in [4.78, 5) is 15.9. The molecule has 0 fully saturated rings. The lowest BCUT2D eigenvalue weighted by atomic mass is 10.00. The van der Waals surface area contributed by atoms with Crippen molar-refractivity contribution in [3.8, 4) is 62.1 Å². The fraction of sp³-hybridized carbons (Fsp3) is 0. The third-order valence-electron chi connectivity index (χ3n) is 11.6. The zero-order chi connectivity index (χ0) is 39.6. The van der Waals surface area contributed by atoms with E-state index in [0.29, 0.717) is 17.5 Å². The van der Waals surface area contributed by atoms with Gasteiger partial charge in [-0.2, -0.15) is 0 Å². The molecule has 4 nitrogen and oxygen atoms in total. The Morgan fingerprint density at radius 2 is 0.983 bits per heavy atom. The van der Waals surface area contributed by atoms with E-state index in [0.717, 1.165) is 50.1 Å². The zero-order valence-corrected chi connectivity index (χ0v) is 33.1. The Morgan fingerprint density at radius 3 is 1.83 bits per heavy atom. The predicted octanol–water partition coefficient (Wildman–Crippen LogP) is 14.8. The van der Waals surface area contributed by atoms with Gasteiger partial charge < -0.3 is 4.57 Å². The number of thiophene rings is 1. The SMILES string of the molecule is c1ccc(-c2ccc(-c3nc(-c4ccccc4)nc(-c4cccc(-c5cccc6c5sc5ccccc56)c4)n3)c(-n3c4ccccc4c4ccc5ccccc5c43)c2)cc1. The Hall–Kier alpha value is -7.73. The summed E-state index contributed by atoms with van der Waals surface area (Å²) in [5, 5.41) is 7.34. The number of hydrogen-bond acceptors (Lipinski definition) is 4. The van der Waals surface area contributed by atoms with E-state index >= 15 is 0 Å². The highest BCUT2D eigenvalue weighted by molar-refractivity contribution is 7.26. The third-order valence-corrected chi connectivity index (χ3v) is 12.9. The summed E-state index contributed by atoms with van der Waals surface area (Å²) < 4.78 is 4.99. The molecule has 5 heteroatoms. The second-order valence-electron chi connectivity index (χ2n) is 15.2. The van der Waals surface area contributed by atoms with Crippen LogP contribution in [0.25, 0.3) is 115 Å². The van der Waals surface area contributed by atoms with Crippen LogP contribution in [0.5, 0.6) is 0 Å². The van der Waals surface area contributed by atoms with E-state index in [4.69, 9.17) is 15.0 Å². The Bertz CT molecular complexity index is 3610. The van der Waals surface area contributed by atoms with E-state index < -0.39 is 0 Å². The summed E-state index contributed by atoms with van der Waals surface area (Å²) in [7, 11) is 0. The number of para-hydroxylation sites is 1. The molecule has 0 saturated heterocycles. The smallest absolute Gasteiger partial charge is 0.166 e. The van der Waals surface area contributed by atoms with E-state index in [1.165, 1.54) is 47.3 Å². The van der Waals surface area contributed by atoms with Crippen LogP contribution in [0.15, 0.2) is 206 Å². The Balaban J connectivity index is 1.12. The quantitative estimate of drug-likeness (QED) is 0.169. The van der Waals surface area contributed by atoms with E-state index in [1.807, 2.05) is 29.5 Å². The number of rotatable bonds is 6. The first kappa shape index (κ1) is 34.3. The van der Waals surface area contributed by atoms with Gasteiger partial charge in [0.25, 0.3) is 0 Å². The minimum absolute atomic E-state index is 0.608. The van der Waals surface area contributed by atoms with Gasteiger partial charge in [0.1, 0.15) is 0 Å². The lowest BCUT2D eigenvalue weighted by Crippen LogP contribution is -2.04. The van der Waals surface area contributed by atoms with Gasteiger partial charge in [0.2, 0.25) is 0 Å². The second kappa shape index (κ2) is 14.0. The van der Waals surface area contributed by atoms with Gasteiger partial charge in [-0.3, -0.25) is 0 Å². The number of nitrogens with zero attached hydrogens (tertiary/aromatic N) is 4. The van der Waals surface area contributed by atoms with Crippen molar-refractivity contribution in [3.63, 3.8) is 0 Å². The zero-order valence-electron chi connectivity index (χ0n) is 32.3. The van der Waals surface area contributed by atoms with E-state index in [2.05, 4.69) is 193 Å². The molecule has 12 rings (SSSR count). The maximum atomic E-state index is 5.39. The van der Waals surface area contributed by atoms with Crippen molar-refractivity contribution in [2.45, 2.75) is 0 Å². The van der Waals surface area contributed by atoms with Gasteiger partial charge in [-0.05, 0) is 58.0 Å². The van der Waals surface area contributed by atoms with Crippen LogP contribution in [0.4, 0.5) is 0 Å². The van der Waals surface area contributed by atoms with E-state index in [-0.39, 0.29) is 0 Å². The molecular weight excluding hydrogens is 749 g/mol. The Kier molecular flexibility index (Phi) is 8.00. The van der Waals surface area contributed by atoms with Gasteiger partial charge in [-0.25, -0.2) is 15.0 Å². The highest BCUT2D eigenvalue weighted by Crippen LogP contribution is 2.42. The lowest BCUT2D eigenvalue weighted by Gasteiger charge is -2.17. The van der Waals surface area contributed by atoms with Crippen LogP contribution in [0.2, 0.25) is 0 Å². The molecule has 9 aromatic carbocycles. The van der Waals surface area contributed by atoms with Crippen LogP contribution in [-0.4, -0.2) is 19.5 Å². The highest BCUT2D eigenvalue weighted by Gasteiger charge is 2.22. The number of aromatic nitrogens is 4. The molecule has 0 N–H and O–H groups in total. The minimum Gasteiger partial charge on any atom is -0.308 e. The molecular formula is C55H34N4S. The molecule has 0 aliphatic rings. The summed E-state index contributed by atoms with van der Waals surface area (Å²) in [6.07, 6.45) is 0. The van der Waals surface area contributed by atoms with Crippen LogP contribution >= 0.6 is 11.3 Å². The van der Waals surface area contributed by atoms with E-state index in [9.17, 15) is 0 Å². The summed E-state index contributed by atoms with van der Waals surface area (Å²) >= 11 is 1.84. The summed E-state index contributed by atoms with van der Waals surface area (Å²) in [5.41, 5.74) is 10.6. The molecule has 60 heavy (non-hydrogen) atoms. The standard InChI is InChI=1S/C55H34N4S/c1-3-15-35(16-4-1)38-30-32-47(49(34-38)59-48-27-11-9-23-43(48)45-31-29-36-17-7-8-22-41(36)51(45)59)55-57-53(37-18-5-2-6-19-37)56-54(58-55)40-21-13-20-39(33-40)42-25-14-26-46-44-24-10-12-28-50(44)60-52(42)46/h1-34H. The van der Waals surface area contributed by atoms with Crippen molar-refractivity contribution in [1.82, 2.24) is 19.5 Å². The molecule has 0 unspecified atom stereocenters. The first-order chi connectivity index (χ1) is 29.7. The van der Waals surface area contributed by atoms with Gasteiger partial charge in [-0.1, -0.05) is 176 Å². The summed E-state index contributed by atoms with van der Waals surface area (Å²) in [5.74, 6) is 1.85. The van der Waals surface area contributed by atoms with Crippen LogP contribution in [-0.2, 0) is 0 Å². The van der Waals surface area contributed by atoms with Crippen molar-refractivity contribution in [1.29, 1.82) is 0 Å². The average Bonchev–Trinajstić information content (AvgIpc) is 3.88. The summed E-state index contributed by atoms with van der Waals surface area (Å²) in [6, 6.07) is 73.3. The highest BCUT2D eigenvalue weighted by atomic mass is 32.1. The molecule has 280 valence electrons. The largest absolute Gasteiger partial charge is 0.308 e. The fourth-order valence-electron chi connectivity index (χ4n) is 8.84. The molecule has 3 aromatic heterocycles. The third kappa shape index (κ3) is 5.63. The van der Waals surface area contributed by atoms with Crippen molar-refractivity contribution in [2.75, 3.05) is 0 Å². The van der Waals surface area contributed by atoms with Crippen LogP contribution in [0.3, 0.4) is 0 Å². The van der Waals surface area contributed by atoms with Crippen molar-refractivity contribution < 1.29 is 0 Å². The molecule has 0 bridgehead atoms. The molecule has 0 saturated carbocycles. The molecule has 0 atom stereocenters. The Morgan fingerprint density at radius 1 is 0.350 bits per heavy atom.